The lowest BCUT2D eigenvalue weighted by atomic mass is 9.91. The van der Waals surface area contributed by atoms with Crippen molar-refractivity contribution in [1.82, 2.24) is 19.7 Å². The molecule has 0 atom stereocenters. The Balaban J connectivity index is 1.20. The molecule has 156 valence electrons. The molecule has 2 aliphatic rings. The van der Waals surface area contributed by atoms with Crippen molar-refractivity contribution in [2.75, 3.05) is 0 Å². The molecular weight excluding hydrogens is 376 g/mol. The maximum Gasteiger partial charge on any atom is 0.267 e. The van der Waals surface area contributed by atoms with Gasteiger partial charge in [-0.2, -0.15) is 5.10 Å². The number of nitrogens with one attached hydrogen (secondary N) is 1. The van der Waals surface area contributed by atoms with Gasteiger partial charge >= 0.3 is 0 Å². The summed E-state index contributed by atoms with van der Waals surface area (Å²) in [6, 6.07) is 10.3. The van der Waals surface area contributed by atoms with E-state index >= 15 is 0 Å². The SMILES string of the molecule is Cn1cc(CC(=O)NC2CCC(n3nc4c(cc3=O)CCC4)CC2)c2ccccc21. The van der Waals surface area contributed by atoms with Crippen LogP contribution in [0.1, 0.15) is 55.0 Å². The van der Waals surface area contributed by atoms with E-state index in [9.17, 15) is 9.59 Å². The van der Waals surface area contributed by atoms with Crippen molar-refractivity contribution in [3.05, 3.63) is 63.7 Å². The number of benzene rings is 1. The molecule has 6 nitrogen and oxygen atoms in total. The average Bonchev–Trinajstić information content (AvgIpc) is 3.32. The predicted octanol–water partition coefficient (Wildman–Crippen LogP) is 3.07. The minimum absolute atomic E-state index is 0.0269. The number of aryl methyl sites for hydroxylation is 3. The third-order valence-electron chi connectivity index (χ3n) is 6.72. The summed E-state index contributed by atoms with van der Waals surface area (Å²) >= 11 is 0. The van der Waals surface area contributed by atoms with Gasteiger partial charge in [-0.15, -0.1) is 0 Å². The molecule has 6 heteroatoms. The van der Waals surface area contributed by atoms with Gasteiger partial charge in [0.05, 0.1) is 18.2 Å². The van der Waals surface area contributed by atoms with E-state index in [1.54, 1.807) is 10.7 Å². The van der Waals surface area contributed by atoms with Gasteiger partial charge in [-0.25, -0.2) is 4.68 Å². The van der Waals surface area contributed by atoms with E-state index < -0.39 is 0 Å². The summed E-state index contributed by atoms with van der Waals surface area (Å²) in [4.78, 5) is 25.2. The largest absolute Gasteiger partial charge is 0.353 e. The molecule has 0 radical (unpaired) electrons. The number of hydrogen-bond acceptors (Lipinski definition) is 3. The molecule has 5 rings (SSSR count). The molecule has 1 amide bonds. The fourth-order valence-electron chi connectivity index (χ4n) is 5.16. The van der Waals surface area contributed by atoms with Gasteiger partial charge in [0, 0.05) is 36.3 Å². The normalized spacial score (nSPS) is 21.0. The van der Waals surface area contributed by atoms with E-state index in [2.05, 4.69) is 27.1 Å². The Morgan fingerprint density at radius 3 is 2.80 bits per heavy atom. The zero-order chi connectivity index (χ0) is 20.7. The Hall–Kier alpha value is -2.89. The number of nitrogens with zero attached hydrogens (tertiary/aromatic N) is 3. The van der Waals surface area contributed by atoms with Crippen molar-refractivity contribution < 1.29 is 4.79 Å². The fraction of sp³-hybridized carbons (Fsp3) is 0.458. The van der Waals surface area contributed by atoms with E-state index in [4.69, 9.17) is 0 Å². The Bertz CT molecular complexity index is 1150. The molecule has 0 unspecified atom stereocenters. The molecule has 1 aromatic carbocycles. The van der Waals surface area contributed by atoms with Crippen molar-refractivity contribution in [3.63, 3.8) is 0 Å². The Morgan fingerprint density at radius 1 is 1.17 bits per heavy atom. The third kappa shape index (κ3) is 3.55. The van der Waals surface area contributed by atoms with Gasteiger partial charge in [-0.3, -0.25) is 9.59 Å². The highest BCUT2D eigenvalue weighted by molar-refractivity contribution is 5.89. The number of para-hydroxylation sites is 1. The van der Waals surface area contributed by atoms with Gasteiger partial charge < -0.3 is 9.88 Å². The highest BCUT2D eigenvalue weighted by Crippen LogP contribution is 2.28. The first-order chi connectivity index (χ1) is 14.6. The maximum absolute atomic E-state index is 12.7. The minimum atomic E-state index is 0.0269. The standard InChI is InChI=1S/C24H28N4O2/c1-27-15-17(20-6-2-3-8-22(20)27)13-23(29)25-18-9-11-19(12-10-18)28-24(30)14-16-5-4-7-21(16)26-28/h2-3,6,8,14-15,18-19H,4-5,7,9-13H2,1H3,(H,25,29). The van der Waals surface area contributed by atoms with Crippen LogP contribution in [0.25, 0.3) is 10.9 Å². The van der Waals surface area contributed by atoms with E-state index in [0.717, 1.165) is 72.7 Å². The lowest BCUT2D eigenvalue weighted by Crippen LogP contribution is -2.40. The van der Waals surface area contributed by atoms with E-state index in [0.29, 0.717) is 6.42 Å². The highest BCUT2D eigenvalue weighted by Gasteiger charge is 2.26. The molecule has 0 saturated heterocycles. The fourth-order valence-corrected chi connectivity index (χ4v) is 5.16. The van der Waals surface area contributed by atoms with Gasteiger partial charge in [-0.1, -0.05) is 18.2 Å². The molecule has 0 aliphatic heterocycles. The summed E-state index contributed by atoms with van der Waals surface area (Å²) in [7, 11) is 2.01. The predicted molar refractivity (Wildman–Crippen MR) is 117 cm³/mol. The van der Waals surface area contributed by atoms with Gasteiger partial charge in [0.15, 0.2) is 0 Å². The van der Waals surface area contributed by atoms with Crippen LogP contribution in [-0.2, 0) is 31.1 Å². The number of fused-ring (bicyclic) bond motifs is 2. The monoisotopic (exact) mass is 404 g/mol. The molecule has 1 fully saturated rings. The molecule has 0 bridgehead atoms. The lowest BCUT2D eigenvalue weighted by Gasteiger charge is -2.29. The van der Waals surface area contributed by atoms with Gasteiger partial charge in [0.1, 0.15) is 0 Å². The molecule has 2 aromatic heterocycles. The number of carbonyl (C=O) groups is 1. The van der Waals surface area contributed by atoms with Crippen LogP contribution < -0.4 is 10.9 Å². The van der Waals surface area contributed by atoms with Crippen molar-refractivity contribution in [1.29, 1.82) is 0 Å². The van der Waals surface area contributed by atoms with Crippen LogP contribution in [0.2, 0.25) is 0 Å². The molecule has 2 aliphatic carbocycles. The smallest absolute Gasteiger partial charge is 0.267 e. The number of carbonyl (C=O) groups excluding carboxylic acids is 1. The molecule has 2 heterocycles. The summed E-state index contributed by atoms with van der Waals surface area (Å²) in [5.41, 5.74) is 4.46. The molecule has 0 spiro atoms. The second-order valence-corrected chi connectivity index (χ2v) is 8.78. The van der Waals surface area contributed by atoms with Crippen molar-refractivity contribution in [2.24, 2.45) is 7.05 Å². The minimum Gasteiger partial charge on any atom is -0.353 e. The van der Waals surface area contributed by atoms with Crippen LogP contribution >= 0.6 is 0 Å². The quantitative estimate of drug-likeness (QED) is 0.727. The highest BCUT2D eigenvalue weighted by atomic mass is 16.1. The second kappa shape index (κ2) is 7.74. The summed E-state index contributed by atoms with van der Waals surface area (Å²) in [5.74, 6) is 0.0719. The molecule has 1 N–H and O–H groups in total. The van der Waals surface area contributed by atoms with Crippen LogP contribution in [-0.4, -0.2) is 26.3 Å². The third-order valence-corrected chi connectivity index (χ3v) is 6.72. The van der Waals surface area contributed by atoms with Crippen molar-refractivity contribution >= 4 is 16.8 Å². The summed E-state index contributed by atoms with van der Waals surface area (Å²) in [5, 5.41) is 9.02. The zero-order valence-electron chi connectivity index (χ0n) is 17.4. The molecule has 30 heavy (non-hydrogen) atoms. The van der Waals surface area contributed by atoms with Crippen molar-refractivity contribution in [3.8, 4) is 0 Å². The van der Waals surface area contributed by atoms with Crippen LogP contribution in [0.4, 0.5) is 0 Å². The van der Waals surface area contributed by atoms with E-state index in [1.807, 2.05) is 25.4 Å². The van der Waals surface area contributed by atoms with Crippen LogP contribution in [0.3, 0.4) is 0 Å². The summed E-state index contributed by atoms with van der Waals surface area (Å²) in [6.45, 7) is 0. The van der Waals surface area contributed by atoms with Crippen LogP contribution in [0, 0.1) is 0 Å². The first kappa shape index (κ1) is 19.1. The first-order valence-corrected chi connectivity index (χ1v) is 11.0. The Morgan fingerprint density at radius 2 is 1.97 bits per heavy atom. The second-order valence-electron chi connectivity index (χ2n) is 8.78. The first-order valence-electron chi connectivity index (χ1n) is 11.0. The number of amides is 1. The Kier molecular flexibility index (Phi) is 4.93. The van der Waals surface area contributed by atoms with Crippen LogP contribution in [0.15, 0.2) is 41.3 Å². The van der Waals surface area contributed by atoms with E-state index in [-0.39, 0.29) is 23.6 Å². The average molecular weight is 405 g/mol. The van der Waals surface area contributed by atoms with E-state index in [1.165, 1.54) is 0 Å². The summed E-state index contributed by atoms with van der Waals surface area (Å²) < 4.78 is 3.78. The van der Waals surface area contributed by atoms with Gasteiger partial charge in [-0.05, 0) is 62.1 Å². The zero-order valence-corrected chi connectivity index (χ0v) is 17.4. The number of rotatable bonds is 4. The van der Waals surface area contributed by atoms with Crippen molar-refractivity contribution in [2.45, 2.75) is 63.5 Å². The number of aromatic nitrogens is 3. The van der Waals surface area contributed by atoms with Crippen LogP contribution in [0.5, 0.6) is 0 Å². The van der Waals surface area contributed by atoms with Gasteiger partial charge in [0.2, 0.25) is 5.91 Å². The molecule has 3 aromatic rings. The molecule has 1 saturated carbocycles. The summed E-state index contributed by atoms with van der Waals surface area (Å²) in [6.07, 6.45) is 9.04. The van der Waals surface area contributed by atoms with Gasteiger partial charge in [0.25, 0.3) is 5.56 Å². The lowest BCUT2D eigenvalue weighted by molar-refractivity contribution is -0.121. The molecular formula is C24H28N4O2. The Labute approximate surface area is 175 Å². The maximum atomic E-state index is 12.7. The number of hydrogen-bond donors (Lipinski definition) is 1. The topological polar surface area (TPSA) is 68.9 Å².